The number of anilines is 1. The number of carbonyl (C=O) groups is 2. The zero-order valence-corrected chi connectivity index (χ0v) is 20.4. The summed E-state index contributed by atoms with van der Waals surface area (Å²) in [5.41, 5.74) is 4.48. The summed E-state index contributed by atoms with van der Waals surface area (Å²) in [5, 5.41) is 0.290. The SMILES string of the molecule is CCOC(=O)c1nc2ccccc2c(=O)n1C1N=Cc2cc(C)cc3c2N(C1=O)C(c1ccccc1)C3. The molecule has 2 unspecified atom stereocenters. The molecular weight excluding hydrogens is 468 g/mol. The van der Waals surface area contributed by atoms with E-state index in [1.807, 2.05) is 43.3 Å². The lowest BCUT2D eigenvalue weighted by Gasteiger charge is -2.29. The molecule has 37 heavy (non-hydrogen) atoms. The smallest absolute Gasteiger partial charge is 0.374 e. The van der Waals surface area contributed by atoms with Crippen molar-refractivity contribution in [1.82, 2.24) is 9.55 Å². The number of carbonyl (C=O) groups excluding carboxylic acids is 2. The van der Waals surface area contributed by atoms with Gasteiger partial charge in [0.2, 0.25) is 12.0 Å². The zero-order valence-electron chi connectivity index (χ0n) is 20.4. The van der Waals surface area contributed by atoms with E-state index >= 15 is 0 Å². The number of rotatable bonds is 4. The second-order valence-corrected chi connectivity index (χ2v) is 9.20. The number of nitrogens with zero attached hydrogens (tertiary/aromatic N) is 4. The van der Waals surface area contributed by atoms with Crippen LogP contribution in [-0.4, -0.2) is 34.2 Å². The van der Waals surface area contributed by atoms with Crippen LogP contribution in [0.4, 0.5) is 5.69 Å². The quantitative estimate of drug-likeness (QED) is 0.399. The van der Waals surface area contributed by atoms with Crippen LogP contribution in [0.2, 0.25) is 0 Å². The monoisotopic (exact) mass is 492 g/mol. The Bertz CT molecular complexity index is 1660. The maximum Gasteiger partial charge on any atom is 0.374 e. The van der Waals surface area contributed by atoms with E-state index in [0.717, 1.165) is 32.5 Å². The summed E-state index contributed by atoms with van der Waals surface area (Å²) >= 11 is 0. The molecule has 0 radical (unpaired) electrons. The van der Waals surface area contributed by atoms with Gasteiger partial charge < -0.3 is 9.64 Å². The first-order chi connectivity index (χ1) is 18.0. The lowest BCUT2D eigenvalue weighted by molar-refractivity contribution is -0.122. The van der Waals surface area contributed by atoms with Gasteiger partial charge in [-0.2, -0.15) is 0 Å². The average Bonchev–Trinajstić information content (AvgIpc) is 3.22. The first-order valence-corrected chi connectivity index (χ1v) is 12.2. The molecule has 1 aromatic heterocycles. The molecule has 0 saturated carbocycles. The van der Waals surface area contributed by atoms with Gasteiger partial charge in [0, 0.05) is 11.8 Å². The van der Waals surface area contributed by atoms with E-state index in [9.17, 15) is 14.4 Å². The van der Waals surface area contributed by atoms with Crippen LogP contribution in [0.3, 0.4) is 0 Å². The number of para-hydroxylation sites is 1. The molecule has 0 spiro atoms. The molecule has 6 rings (SSSR count). The fourth-order valence-electron chi connectivity index (χ4n) is 5.32. The summed E-state index contributed by atoms with van der Waals surface area (Å²) < 4.78 is 6.30. The van der Waals surface area contributed by atoms with Gasteiger partial charge in [-0.1, -0.05) is 54.1 Å². The van der Waals surface area contributed by atoms with Gasteiger partial charge in [0.25, 0.3) is 11.5 Å². The van der Waals surface area contributed by atoms with E-state index in [1.54, 1.807) is 42.3 Å². The predicted molar refractivity (Wildman–Crippen MR) is 140 cm³/mol. The van der Waals surface area contributed by atoms with Gasteiger partial charge in [-0.25, -0.2) is 9.78 Å². The highest BCUT2D eigenvalue weighted by Gasteiger charge is 2.42. The van der Waals surface area contributed by atoms with Gasteiger partial charge in [0.15, 0.2) is 0 Å². The third-order valence-electron chi connectivity index (χ3n) is 6.84. The second-order valence-electron chi connectivity index (χ2n) is 9.20. The molecule has 8 heteroatoms. The highest BCUT2D eigenvalue weighted by Crippen LogP contribution is 2.45. The third-order valence-corrected chi connectivity index (χ3v) is 6.84. The standard InChI is InChI=1S/C29H24N4O4/c1-3-37-29(36)26-31-22-12-8-7-11-21(22)27(34)33(26)25-28(35)32-23(18-9-5-4-6-10-18)15-19-13-17(2)14-20(16-30-25)24(19)32/h4-14,16,23,25H,3,15H2,1-2H3. The van der Waals surface area contributed by atoms with Crippen molar-refractivity contribution in [1.29, 1.82) is 0 Å². The van der Waals surface area contributed by atoms with Crippen molar-refractivity contribution < 1.29 is 14.3 Å². The van der Waals surface area contributed by atoms with Crippen LogP contribution in [0, 0.1) is 6.92 Å². The number of aromatic nitrogens is 2. The topological polar surface area (TPSA) is 93.9 Å². The highest BCUT2D eigenvalue weighted by atomic mass is 16.5. The van der Waals surface area contributed by atoms with E-state index in [1.165, 1.54) is 0 Å². The van der Waals surface area contributed by atoms with E-state index in [-0.39, 0.29) is 23.9 Å². The fourth-order valence-corrected chi connectivity index (χ4v) is 5.32. The Morgan fingerprint density at radius 3 is 2.59 bits per heavy atom. The minimum atomic E-state index is -1.33. The summed E-state index contributed by atoms with van der Waals surface area (Å²) in [6.07, 6.45) is 0.933. The molecule has 2 atom stereocenters. The zero-order chi connectivity index (χ0) is 25.7. The van der Waals surface area contributed by atoms with Crippen molar-refractivity contribution in [2.75, 3.05) is 11.5 Å². The average molecular weight is 493 g/mol. The molecule has 0 fully saturated rings. The van der Waals surface area contributed by atoms with Crippen LogP contribution in [0.25, 0.3) is 10.9 Å². The number of hydrogen-bond acceptors (Lipinski definition) is 6. The fraction of sp³-hybridized carbons (Fsp3) is 0.207. The van der Waals surface area contributed by atoms with Crippen molar-refractivity contribution in [3.63, 3.8) is 0 Å². The Hall–Kier alpha value is -4.59. The third kappa shape index (κ3) is 3.64. The molecule has 1 amide bonds. The number of ether oxygens (including phenoxy) is 1. The van der Waals surface area contributed by atoms with Crippen LogP contribution in [-0.2, 0) is 16.0 Å². The molecule has 2 aliphatic heterocycles. The number of esters is 1. The number of hydrogen-bond donors (Lipinski definition) is 0. The molecule has 2 aliphatic rings. The second kappa shape index (κ2) is 8.81. The maximum atomic E-state index is 14.3. The normalized spacial score (nSPS) is 18.1. The maximum absolute atomic E-state index is 14.3. The van der Waals surface area contributed by atoms with Crippen LogP contribution in [0.15, 0.2) is 76.5 Å². The molecular formula is C29H24N4O4. The minimum Gasteiger partial charge on any atom is -0.460 e. The van der Waals surface area contributed by atoms with Crippen molar-refractivity contribution in [2.24, 2.45) is 4.99 Å². The van der Waals surface area contributed by atoms with Gasteiger partial charge in [0.05, 0.1) is 29.2 Å². The highest BCUT2D eigenvalue weighted by molar-refractivity contribution is 6.07. The van der Waals surface area contributed by atoms with E-state index < -0.39 is 23.6 Å². The summed E-state index contributed by atoms with van der Waals surface area (Å²) in [7, 11) is 0. The summed E-state index contributed by atoms with van der Waals surface area (Å²) in [4.78, 5) is 51.8. The summed E-state index contributed by atoms with van der Waals surface area (Å²) in [6, 6.07) is 20.3. The van der Waals surface area contributed by atoms with E-state index in [4.69, 9.17) is 4.74 Å². The molecule has 3 aromatic carbocycles. The number of aryl methyl sites for hydroxylation is 1. The lowest BCUT2D eigenvalue weighted by atomic mass is 10.0. The Morgan fingerprint density at radius 2 is 1.81 bits per heavy atom. The molecule has 4 aromatic rings. The van der Waals surface area contributed by atoms with Crippen LogP contribution >= 0.6 is 0 Å². The number of amides is 1. The Kier molecular flexibility index (Phi) is 5.44. The summed E-state index contributed by atoms with van der Waals surface area (Å²) in [5.74, 6) is -1.44. The number of fused-ring (bicyclic) bond motifs is 1. The largest absolute Gasteiger partial charge is 0.460 e. The van der Waals surface area contributed by atoms with E-state index in [2.05, 4.69) is 16.0 Å². The van der Waals surface area contributed by atoms with Gasteiger partial charge >= 0.3 is 5.97 Å². The molecule has 0 bridgehead atoms. The first-order valence-electron chi connectivity index (χ1n) is 12.2. The predicted octanol–water partition coefficient (Wildman–Crippen LogP) is 4.14. The van der Waals surface area contributed by atoms with Crippen LogP contribution in [0.5, 0.6) is 0 Å². The molecule has 184 valence electrons. The van der Waals surface area contributed by atoms with Crippen molar-refractivity contribution >= 4 is 34.7 Å². The van der Waals surface area contributed by atoms with Crippen LogP contribution < -0.4 is 10.5 Å². The van der Waals surface area contributed by atoms with Crippen molar-refractivity contribution in [2.45, 2.75) is 32.5 Å². The molecule has 3 heterocycles. The molecule has 0 aliphatic carbocycles. The van der Waals surface area contributed by atoms with Gasteiger partial charge in [-0.15, -0.1) is 0 Å². The number of aliphatic imine (C=N–C) groups is 1. The van der Waals surface area contributed by atoms with Crippen molar-refractivity contribution in [3.8, 4) is 0 Å². The number of benzene rings is 3. The van der Waals surface area contributed by atoms with Gasteiger partial charge in [-0.05, 0) is 49.6 Å². The Morgan fingerprint density at radius 1 is 1.05 bits per heavy atom. The van der Waals surface area contributed by atoms with Gasteiger partial charge in [-0.3, -0.25) is 19.1 Å². The lowest BCUT2D eigenvalue weighted by Crippen LogP contribution is -2.42. The summed E-state index contributed by atoms with van der Waals surface area (Å²) in [6.45, 7) is 3.77. The minimum absolute atomic E-state index is 0.0969. The van der Waals surface area contributed by atoms with Gasteiger partial charge in [0.1, 0.15) is 0 Å². The molecule has 0 saturated heterocycles. The molecule has 0 N–H and O–H groups in total. The van der Waals surface area contributed by atoms with E-state index in [0.29, 0.717) is 11.9 Å². The molecule has 8 nitrogen and oxygen atoms in total. The van der Waals surface area contributed by atoms with Crippen molar-refractivity contribution in [3.05, 3.63) is 105 Å². The first kappa shape index (κ1) is 22.8. The Balaban J connectivity index is 1.59. The Labute approximate surface area is 212 Å². The van der Waals surface area contributed by atoms with Crippen LogP contribution in [0.1, 0.15) is 52.0 Å².